The van der Waals surface area contributed by atoms with Crippen LogP contribution in [0.1, 0.15) is 98.3 Å². The topological polar surface area (TPSA) is 37.3 Å². The third kappa shape index (κ3) is 3.66. The summed E-state index contributed by atoms with van der Waals surface area (Å²) in [5.41, 5.74) is 2.68. The van der Waals surface area contributed by atoms with Crippen molar-refractivity contribution in [2.24, 2.45) is 46.3 Å². The largest absolute Gasteiger partial charge is 0.396 e. The lowest BCUT2D eigenvalue weighted by Crippen LogP contribution is -2.49. The molecule has 3 fully saturated rings. The summed E-state index contributed by atoms with van der Waals surface area (Å²) in [5, 5.41) is 9.31. The van der Waals surface area contributed by atoms with Gasteiger partial charge in [-0.2, -0.15) is 0 Å². The maximum Gasteiger partial charge on any atom is 0.133 e. The Balaban J connectivity index is 1.47. The summed E-state index contributed by atoms with van der Waals surface area (Å²) in [7, 11) is 0. The van der Waals surface area contributed by atoms with Gasteiger partial charge in [0.15, 0.2) is 0 Å². The zero-order valence-corrected chi connectivity index (χ0v) is 19.4. The van der Waals surface area contributed by atoms with Crippen LogP contribution < -0.4 is 0 Å². The first-order valence-corrected chi connectivity index (χ1v) is 12.6. The molecular weight excluding hydrogens is 356 g/mol. The fraction of sp³-hybridized carbons (Fsp3) is 0.889. The molecule has 4 rings (SSSR count). The van der Waals surface area contributed by atoms with E-state index in [0.29, 0.717) is 35.1 Å². The van der Waals surface area contributed by atoms with E-state index in [1.54, 1.807) is 0 Å². The summed E-state index contributed by atoms with van der Waals surface area (Å²) in [6, 6.07) is 0. The van der Waals surface area contributed by atoms with E-state index in [0.717, 1.165) is 49.4 Å². The second-order valence-corrected chi connectivity index (χ2v) is 11.9. The van der Waals surface area contributed by atoms with E-state index in [1.165, 1.54) is 44.9 Å². The molecule has 2 heteroatoms. The predicted molar refractivity (Wildman–Crippen MR) is 119 cm³/mol. The Morgan fingerprint density at radius 3 is 2.59 bits per heavy atom. The fourth-order valence-corrected chi connectivity index (χ4v) is 8.36. The lowest BCUT2D eigenvalue weighted by molar-refractivity contribution is -0.127. The molecule has 0 aliphatic heterocycles. The monoisotopic (exact) mass is 400 g/mol. The minimum Gasteiger partial charge on any atom is -0.396 e. The average Bonchev–Trinajstić information content (AvgIpc) is 3.05. The number of carbonyl (C=O) groups is 1. The lowest BCUT2D eigenvalue weighted by Gasteiger charge is -2.57. The minimum atomic E-state index is 0.332. The van der Waals surface area contributed by atoms with Gasteiger partial charge < -0.3 is 5.11 Å². The van der Waals surface area contributed by atoms with E-state index in [9.17, 15) is 9.90 Å². The molecule has 0 saturated heterocycles. The molecule has 3 saturated carbocycles. The van der Waals surface area contributed by atoms with Gasteiger partial charge >= 0.3 is 0 Å². The van der Waals surface area contributed by atoms with Gasteiger partial charge in [0.1, 0.15) is 5.78 Å². The molecule has 8 atom stereocenters. The normalized spacial score (nSPS) is 43.8. The number of aliphatic hydroxyl groups excluding tert-OH is 1. The quantitative estimate of drug-likeness (QED) is 0.512. The molecule has 0 aromatic rings. The second-order valence-electron chi connectivity index (χ2n) is 11.9. The number of allylic oxidation sites excluding steroid dienone is 2. The van der Waals surface area contributed by atoms with Crippen LogP contribution in [0.3, 0.4) is 0 Å². The number of hydrogen-bond acceptors (Lipinski definition) is 2. The van der Waals surface area contributed by atoms with Gasteiger partial charge in [-0.25, -0.2) is 0 Å². The van der Waals surface area contributed by atoms with Crippen LogP contribution in [0, 0.1) is 46.3 Å². The van der Waals surface area contributed by atoms with Gasteiger partial charge in [0.25, 0.3) is 0 Å². The summed E-state index contributed by atoms with van der Waals surface area (Å²) < 4.78 is 0. The van der Waals surface area contributed by atoms with E-state index in [-0.39, 0.29) is 0 Å². The Hall–Kier alpha value is -0.630. The van der Waals surface area contributed by atoms with Gasteiger partial charge in [-0.3, -0.25) is 4.79 Å². The van der Waals surface area contributed by atoms with Gasteiger partial charge in [-0.15, -0.1) is 0 Å². The van der Waals surface area contributed by atoms with Crippen LogP contribution in [0.2, 0.25) is 0 Å². The predicted octanol–water partition coefficient (Wildman–Crippen LogP) is 6.57. The molecule has 0 aromatic carbocycles. The number of hydrogen-bond donors (Lipinski definition) is 1. The number of Topliss-reactive ketones (excluding diaryl/α,β-unsaturated/α-hetero) is 1. The third-order valence-electron chi connectivity index (χ3n) is 10.3. The molecule has 0 aromatic heterocycles. The highest BCUT2D eigenvalue weighted by atomic mass is 16.3. The summed E-state index contributed by atoms with van der Waals surface area (Å²) in [6.07, 6.45) is 15.8. The van der Waals surface area contributed by atoms with Crippen LogP contribution in [0.5, 0.6) is 0 Å². The van der Waals surface area contributed by atoms with Crippen LogP contribution in [-0.2, 0) is 4.79 Å². The molecule has 0 amide bonds. The maximum atomic E-state index is 12.1. The number of ketones is 1. The van der Waals surface area contributed by atoms with E-state index in [1.807, 2.05) is 5.57 Å². The highest BCUT2D eigenvalue weighted by Gasteiger charge is 2.58. The minimum absolute atomic E-state index is 0.332. The van der Waals surface area contributed by atoms with Gasteiger partial charge in [-0.05, 0) is 91.3 Å². The van der Waals surface area contributed by atoms with E-state index in [4.69, 9.17) is 0 Å². The molecule has 0 radical (unpaired) electrons. The molecule has 164 valence electrons. The van der Waals surface area contributed by atoms with Crippen molar-refractivity contribution in [1.82, 2.24) is 0 Å². The van der Waals surface area contributed by atoms with Gasteiger partial charge in [0, 0.05) is 19.4 Å². The standard InChI is InChI=1S/C27H44O2/c1-18(17-28)6-5-7-19(2)23-10-11-24-22-9-8-20-16-21(29)12-14-26(20,3)25(22)13-15-27(23,24)4/h9,18-20,23-25,28H,5-8,10-17H2,1-4H3. The summed E-state index contributed by atoms with van der Waals surface area (Å²) in [5.74, 6) is 4.76. The molecule has 0 heterocycles. The second kappa shape index (κ2) is 8.13. The summed E-state index contributed by atoms with van der Waals surface area (Å²) >= 11 is 0. The van der Waals surface area contributed by atoms with Crippen molar-refractivity contribution in [3.63, 3.8) is 0 Å². The fourth-order valence-electron chi connectivity index (χ4n) is 8.36. The highest BCUT2D eigenvalue weighted by molar-refractivity contribution is 5.79. The number of aliphatic hydroxyl groups is 1. The molecule has 8 unspecified atom stereocenters. The van der Waals surface area contributed by atoms with Crippen molar-refractivity contribution < 1.29 is 9.90 Å². The maximum absolute atomic E-state index is 12.1. The van der Waals surface area contributed by atoms with Gasteiger partial charge in [-0.1, -0.05) is 52.2 Å². The molecule has 1 N–H and O–H groups in total. The zero-order chi connectivity index (χ0) is 20.8. The number of rotatable bonds is 6. The summed E-state index contributed by atoms with van der Waals surface area (Å²) in [4.78, 5) is 12.1. The van der Waals surface area contributed by atoms with Crippen molar-refractivity contribution in [2.45, 2.75) is 98.3 Å². The van der Waals surface area contributed by atoms with E-state index >= 15 is 0 Å². The number of fused-ring (bicyclic) bond motifs is 5. The summed E-state index contributed by atoms with van der Waals surface area (Å²) in [6.45, 7) is 10.2. The van der Waals surface area contributed by atoms with Crippen molar-refractivity contribution in [3.8, 4) is 0 Å². The first-order valence-electron chi connectivity index (χ1n) is 12.6. The Kier molecular flexibility index (Phi) is 6.06. The molecular formula is C27H44O2. The molecule has 4 aliphatic rings. The van der Waals surface area contributed by atoms with Crippen molar-refractivity contribution >= 4 is 5.78 Å². The highest BCUT2D eigenvalue weighted by Crippen LogP contribution is 2.66. The van der Waals surface area contributed by atoms with Crippen molar-refractivity contribution in [1.29, 1.82) is 0 Å². The van der Waals surface area contributed by atoms with Crippen LogP contribution in [0.4, 0.5) is 0 Å². The average molecular weight is 401 g/mol. The Morgan fingerprint density at radius 2 is 1.83 bits per heavy atom. The molecule has 0 spiro atoms. The van der Waals surface area contributed by atoms with Crippen molar-refractivity contribution in [3.05, 3.63) is 11.6 Å². The van der Waals surface area contributed by atoms with Crippen LogP contribution in [-0.4, -0.2) is 17.5 Å². The van der Waals surface area contributed by atoms with Crippen LogP contribution in [0.25, 0.3) is 0 Å². The lowest BCUT2D eigenvalue weighted by atomic mass is 9.47. The Morgan fingerprint density at radius 1 is 1.07 bits per heavy atom. The Bertz CT molecular complexity index is 651. The smallest absolute Gasteiger partial charge is 0.133 e. The molecule has 2 nitrogen and oxygen atoms in total. The SMILES string of the molecule is CC(CO)CCCC(C)C1CCC2C3=CCC4CC(=O)CCC4(C)C3CCC21C. The van der Waals surface area contributed by atoms with Gasteiger partial charge in [0.05, 0.1) is 0 Å². The molecule has 0 bridgehead atoms. The van der Waals surface area contributed by atoms with E-state index in [2.05, 4.69) is 33.8 Å². The first kappa shape index (κ1) is 21.6. The number of carbonyl (C=O) groups excluding carboxylic acids is 1. The van der Waals surface area contributed by atoms with E-state index < -0.39 is 0 Å². The molecule has 29 heavy (non-hydrogen) atoms. The van der Waals surface area contributed by atoms with Crippen LogP contribution in [0.15, 0.2) is 11.6 Å². The third-order valence-corrected chi connectivity index (χ3v) is 10.3. The molecule has 4 aliphatic carbocycles. The van der Waals surface area contributed by atoms with Crippen molar-refractivity contribution in [2.75, 3.05) is 6.61 Å². The first-order chi connectivity index (χ1) is 13.8. The Labute approximate surface area is 178 Å². The van der Waals surface area contributed by atoms with Crippen LogP contribution >= 0.6 is 0 Å². The zero-order valence-electron chi connectivity index (χ0n) is 19.4. The van der Waals surface area contributed by atoms with Gasteiger partial charge in [0.2, 0.25) is 0 Å².